The van der Waals surface area contributed by atoms with Gasteiger partial charge in [0.25, 0.3) is 0 Å². The van der Waals surface area contributed by atoms with Crippen molar-refractivity contribution in [3.8, 4) is 5.75 Å². The highest BCUT2D eigenvalue weighted by atomic mass is 19.1. The number of ether oxygens (including phenoxy) is 2. The van der Waals surface area contributed by atoms with E-state index in [0.717, 1.165) is 6.42 Å². The van der Waals surface area contributed by atoms with Gasteiger partial charge in [0, 0.05) is 32.0 Å². The van der Waals surface area contributed by atoms with E-state index < -0.39 is 5.82 Å². The number of nitrogens with one attached hydrogen (secondary N) is 2. The summed E-state index contributed by atoms with van der Waals surface area (Å²) in [5.41, 5.74) is 0.533. The van der Waals surface area contributed by atoms with Crippen molar-refractivity contribution in [2.75, 3.05) is 39.2 Å². The molecule has 0 heterocycles. The zero-order valence-corrected chi connectivity index (χ0v) is 11.2. The van der Waals surface area contributed by atoms with Crippen LogP contribution in [0.5, 0.6) is 5.75 Å². The lowest BCUT2D eigenvalue weighted by molar-refractivity contribution is -0.119. The average molecular weight is 270 g/mol. The third-order valence-corrected chi connectivity index (χ3v) is 2.45. The second-order valence-corrected chi connectivity index (χ2v) is 3.90. The van der Waals surface area contributed by atoms with E-state index in [1.54, 1.807) is 13.2 Å². The number of amides is 1. The van der Waals surface area contributed by atoms with E-state index in [4.69, 9.17) is 9.47 Å². The van der Waals surface area contributed by atoms with Crippen LogP contribution in [0.3, 0.4) is 0 Å². The van der Waals surface area contributed by atoms with Crippen molar-refractivity contribution in [3.63, 3.8) is 0 Å². The highest BCUT2D eigenvalue weighted by molar-refractivity contribution is 5.80. The van der Waals surface area contributed by atoms with Crippen LogP contribution < -0.4 is 15.4 Å². The zero-order chi connectivity index (χ0) is 14.1. The summed E-state index contributed by atoms with van der Waals surface area (Å²) in [6.07, 6.45) is 0.763. The van der Waals surface area contributed by atoms with E-state index in [9.17, 15) is 9.18 Å². The molecule has 0 aromatic heterocycles. The Morgan fingerprint density at radius 1 is 1.37 bits per heavy atom. The van der Waals surface area contributed by atoms with E-state index in [-0.39, 0.29) is 18.2 Å². The minimum atomic E-state index is -0.465. The van der Waals surface area contributed by atoms with Gasteiger partial charge in [-0.3, -0.25) is 4.79 Å². The van der Waals surface area contributed by atoms with E-state index in [2.05, 4.69) is 10.6 Å². The lowest BCUT2D eigenvalue weighted by Gasteiger charge is -2.09. The van der Waals surface area contributed by atoms with Gasteiger partial charge in [0.15, 0.2) is 11.6 Å². The Labute approximate surface area is 112 Å². The normalized spacial score (nSPS) is 10.1. The molecule has 5 nitrogen and oxygen atoms in total. The van der Waals surface area contributed by atoms with Crippen molar-refractivity contribution >= 4 is 11.6 Å². The molecule has 0 aliphatic carbocycles. The molecule has 0 fully saturated rings. The number of anilines is 1. The number of rotatable bonds is 8. The average Bonchev–Trinajstić information content (AvgIpc) is 2.41. The summed E-state index contributed by atoms with van der Waals surface area (Å²) in [5, 5.41) is 5.56. The zero-order valence-electron chi connectivity index (χ0n) is 11.2. The van der Waals surface area contributed by atoms with Crippen molar-refractivity contribution in [3.05, 3.63) is 24.0 Å². The number of methoxy groups -OCH3 is 2. The minimum Gasteiger partial charge on any atom is -0.494 e. The van der Waals surface area contributed by atoms with Crippen LogP contribution in [0, 0.1) is 5.82 Å². The molecule has 6 heteroatoms. The maximum absolute atomic E-state index is 13.4. The van der Waals surface area contributed by atoms with Gasteiger partial charge in [-0.1, -0.05) is 0 Å². The van der Waals surface area contributed by atoms with Crippen molar-refractivity contribution in [1.29, 1.82) is 0 Å². The molecular weight excluding hydrogens is 251 g/mol. The summed E-state index contributed by atoms with van der Waals surface area (Å²) in [5.74, 6) is -0.435. The molecule has 1 aromatic carbocycles. The summed E-state index contributed by atoms with van der Waals surface area (Å²) in [7, 11) is 3.01. The first-order valence-corrected chi connectivity index (χ1v) is 6.00. The highest BCUT2D eigenvalue weighted by Gasteiger charge is 2.04. The summed E-state index contributed by atoms with van der Waals surface area (Å²) in [6, 6.07) is 4.45. The molecule has 0 saturated heterocycles. The van der Waals surface area contributed by atoms with Gasteiger partial charge in [0.2, 0.25) is 5.91 Å². The summed E-state index contributed by atoms with van der Waals surface area (Å²) >= 11 is 0. The van der Waals surface area contributed by atoms with Crippen molar-refractivity contribution in [2.45, 2.75) is 6.42 Å². The number of hydrogen-bond acceptors (Lipinski definition) is 4. The number of halogens is 1. The van der Waals surface area contributed by atoms with Crippen molar-refractivity contribution in [2.24, 2.45) is 0 Å². The van der Waals surface area contributed by atoms with Crippen LogP contribution in [-0.4, -0.2) is 39.8 Å². The molecule has 0 aliphatic heterocycles. The van der Waals surface area contributed by atoms with Gasteiger partial charge in [-0.25, -0.2) is 4.39 Å². The molecule has 0 spiro atoms. The molecule has 19 heavy (non-hydrogen) atoms. The second-order valence-electron chi connectivity index (χ2n) is 3.90. The van der Waals surface area contributed by atoms with Gasteiger partial charge in [0.1, 0.15) is 0 Å². The molecule has 0 radical (unpaired) electrons. The minimum absolute atomic E-state index is 0.0960. The standard InChI is InChI=1S/C13H19FN2O3/c1-18-7-3-6-15-13(17)9-16-10-4-5-12(19-2)11(14)8-10/h4-5,8,16H,3,6-7,9H2,1-2H3,(H,15,17). The van der Waals surface area contributed by atoms with E-state index in [0.29, 0.717) is 18.8 Å². The van der Waals surface area contributed by atoms with Crippen LogP contribution >= 0.6 is 0 Å². The van der Waals surface area contributed by atoms with Gasteiger partial charge < -0.3 is 20.1 Å². The Bertz CT molecular complexity index is 413. The highest BCUT2D eigenvalue weighted by Crippen LogP contribution is 2.20. The van der Waals surface area contributed by atoms with E-state index in [1.165, 1.54) is 19.2 Å². The van der Waals surface area contributed by atoms with Gasteiger partial charge in [-0.15, -0.1) is 0 Å². The number of benzene rings is 1. The molecule has 0 aliphatic rings. The molecule has 1 rings (SSSR count). The number of hydrogen-bond donors (Lipinski definition) is 2. The predicted molar refractivity (Wildman–Crippen MR) is 70.9 cm³/mol. The molecule has 1 amide bonds. The summed E-state index contributed by atoms with van der Waals surface area (Å²) < 4.78 is 23.1. The molecule has 0 bridgehead atoms. The SMILES string of the molecule is COCCCNC(=O)CNc1ccc(OC)c(F)c1. The molecule has 2 N–H and O–H groups in total. The third kappa shape index (κ3) is 5.56. The smallest absolute Gasteiger partial charge is 0.239 e. The fourth-order valence-electron chi connectivity index (χ4n) is 1.47. The van der Waals surface area contributed by atoms with Gasteiger partial charge in [-0.05, 0) is 18.6 Å². The Morgan fingerprint density at radius 3 is 2.79 bits per heavy atom. The van der Waals surface area contributed by atoms with Crippen LogP contribution in [0.15, 0.2) is 18.2 Å². The summed E-state index contributed by atoms with van der Waals surface area (Å²) in [4.78, 5) is 11.5. The quantitative estimate of drug-likeness (QED) is 0.701. The largest absolute Gasteiger partial charge is 0.494 e. The molecule has 106 valence electrons. The van der Waals surface area contributed by atoms with E-state index in [1.807, 2.05) is 0 Å². The lowest BCUT2D eigenvalue weighted by Crippen LogP contribution is -2.31. The van der Waals surface area contributed by atoms with Gasteiger partial charge in [0.05, 0.1) is 13.7 Å². The lowest BCUT2D eigenvalue weighted by atomic mass is 10.3. The Kier molecular flexibility index (Phi) is 6.67. The molecule has 0 unspecified atom stereocenters. The van der Waals surface area contributed by atoms with Gasteiger partial charge in [-0.2, -0.15) is 0 Å². The van der Waals surface area contributed by atoms with Crippen LogP contribution in [0.2, 0.25) is 0 Å². The molecule has 0 atom stereocenters. The fourth-order valence-corrected chi connectivity index (χ4v) is 1.47. The predicted octanol–water partition coefficient (Wildman–Crippen LogP) is 1.40. The molecular formula is C13H19FN2O3. The van der Waals surface area contributed by atoms with Crippen LogP contribution in [-0.2, 0) is 9.53 Å². The number of carbonyl (C=O) groups is 1. The maximum atomic E-state index is 13.4. The maximum Gasteiger partial charge on any atom is 0.239 e. The van der Waals surface area contributed by atoms with Crippen molar-refractivity contribution < 1.29 is 18.7 Å². The third-order valence-electron chi connectivity index (χ3n) is 2.45. The first-order chi connectivity index (χ1) is 9.17. The molecule has 0 saturated carbocycles. The first-order valence-electron chi connectivity index (χ1n) is 6.00. The Balaban J connectivity index is 2.32. The Morgan fingerprint density at radius 2 is 2.16 bits per heavy atom. The number of carbonyl (C=O) groups excluding carboxylic acids is 1. The monoisotopic (exact) mass is 270 g/mol. The summed E-state index contributed by atoms with van der Waals surface area (Å²) in [6.45, 7) is 1.27. The fraction of sp³-hybridized carbons (Fsp3) is 0.462. The van der Waals surface area contributed by atoms with Crippen LogP contribution in [0.4, 0.5) is 10.1 Å². The van der Waals surface area contributed by atoms with Gasteiger partial charge >= 0.3 is 0 Å². The second kappa shape index (κ2) is 8.31. The Hall–Kier alpha value is -1.82. The molecule has 1 aromatic rings. The topological polar surface area (TPSA) is 59.6 Å². The van der Waals surface area contributed by atoms with Crippen LogP contribution in [0.25, 0.3) is 0 Å². The van der Waals surface area contributed by atoms with Crippen LogP contribution in [0.1, 0.15) is 6.42 Å². The van der Waals surface area contributed by atoms with E-state index >= 15 is 0 Å². The first kappa shape index (κ1) is 15.2. The van der Waals surface area contributed by atoms with Crippen molar-refractivity contribution in [1.82, 2.24) is 5.32 Å².